The van der Waals surface area contributed by atoms with Gasteiger partial charge in [-0.25, -0.2) is 0 Å². The minimum atomic E-state index is 0. The van der Waals surface area contributed by atoms with Crippen LogP contribution in [-0.4, -0.2) is 24.1 Å². The number of aryl methyl sites for hydroxylation is 1. The normalized spacial score (nSPS) is 19.1. The lowest BCUT2D eigenvalue weighted by Gasteiger charge is -2.28. The van der Waals surface area contributed by atoms with Crippen molar-refractivity contribution in [3.63, 3.8) is 0 Å². The van der Waals surface area contributed by atoms with Crippen LogP contribution in [0.4, 0.5) is 5.69 Å². The molecule has 0 bridgehead atoms. The topological polar surface area (TPSA) is 61.4 Å². The molecule has 3 N–H and O–H groups in total. The molecule has 0 aliphatic carbocycles. The number of hydrogen-bond donors (Lipinski definition) is 3. The summed E-state index contributed by atoms with van der Waals surface area (Å²) in [5, 5.41) is 16.3. The molecule has 1 amide bonds. The van der Waals surface area contributed by atoms with Crippen LogP contribution in [0, 0.1) is 25.7 Å². The maximum atomic E-state index is 12.2. The molecule has 0 radical (unpaired) electrons. The summed E-state index contributed by atoms with van der Waals surface area (Å²) >= 11 is 0. The molecular formula is C17H27ClN2O2. The molecule has 2 unspecified atom stereocenters. The Hall–Kier alpha value is -1.26. The van der Waals surface area contributed by atoms with Gasteiger partial charge in [0.15, 0.2) is 0 Å². The Balaban J connectivity index is 0.00000242. The summed E-state index contributed by atoms with van der Waals surface area (Å²) in [6.07, 6.45) is 2.92. The average Bonchev–Trinajstić information content (AvgIpc) is 2.49. The van der Waals surface area contributed by atoms with Crippen molar-refractivity contribution < 1.29 is 9.90 Å². The van der Waals surface area contributed by atoms with Crippen molar-refractivity contribution in [3.05, 3.63) is 23.3 Å². The lowest BCUT2D eigenvalue weighted by Crippen LogP contribution is -2.34. The van der Waals surface area contributed by atoms with Crippen LogP contribution in [0.25, 0.3) is 0 Å². The summed E-state index contributed by atoms with van der Waals surface area (Å²) in [7, 11) is 0. The molecule has 1 aliphatic rings. The zero-order valence-corrected chi connectivity index (χ0v) is 14.4. The maximum absolute atomic E-state index is 12.2. The second-order valence-electron chi connectivity index (χ2n) is 6.24. The van der Waals surface area contributed by atoms with Crippen molar-refractivity contribution in [2.75, 3.05) is 18.4 Å². The van der Waals surface area contributed by atoms with E-state index in [4.69, 9.17) is 0 Å². The number of phenolic OH excluding ortho intramolecular Hbond substituents is 1. The number of carbonyl (C=O) groups is 1. The lowest BCUT2D eigenvalue weighted by molar-refractivity contribution is -0.117. The number of rotatable bonds is 4. The number of benzene rings is 1. The fraction of sp³-hybridized carbons (Fsp3) is 0.588. The molecule has 1 aromatic rings. The molecule has 1 heterocycles. The van der Waals surface area contributed by atoms with Crippen LogP contribution in [0.1, 0.15) is 37.3 Å². The van der Waals surface area contributed by atoms with Gasteiger partial charge in [-0.2, -0.15) is 0 Å². The Morgan fingerprint density at radius 2 is 2.18 bits per heavy atom. The van der Waals surface area contributed by atoms with E-state index in [0.29, 0.717) is 23.9 Å². The number of carbonyl (C=O) groups excluding carboxylic acids is 1. The third-order valence-electron chi connectivity index (χ3n) is 4.55. The van der Waals surface area contributed by atoms with Crippen LogP contribution in [0.3, 0.4) is 0 Å². The van der Waals surface area contributed by atoms with Crippen LogP contribution in [0.2, 0.25) is 0 Å². The van der Waals surface area contributed by atoms with Gasteiger partial charge in [0, 0.05) is 17.7 Å². The highest BCUT2D eigenvalue weighted by Crippen LogP contribution is 2.29. The van der Waals surface area contributed by atoms with E-state index in [0.717, 1.165) is 24.2 Å². The van der Waals surface area contributed by atoms with Gasteiger partial charge in [0.05, 0.1) is 0 Å². The molecule has 4 nitrogen and oxygen atoms in total. The molecule has 0 aromatic heterocycles. The Morgan fingerprint density at radius 1 is 1.45 bits per heavy atom. The first-order valence-corrected chi connectivity index (χ1v) is 7.78. The van der Waals surface area contributed by atoms with Crippen LogP contribution >= 0.6 is 12.4 Å². The summed E-state index contributed by atoms with van der Waals surface area (Å²) in [4.78, 5) is 12.2. The number of phenols is 1. The van der Waals surface area contributed by atoms with Gasteiger partial charge in [-0.05, 0) is 63.2 Å². The number of nitrogens with one attached hydrogen (secondary N) is 2. The standard InChI is InChI=1S/C17H26N2O2.ClH/c1-11-6-7-15(13(3)17(11)21)19-16(20)9-12(2)14-5-4-8-18-10-14;/h6-7,12,14,18,21H,4-5,8-10H2,1-3H3,(H,19,20);1H. The van der Waals surface area contributed by atoms with Crippen LogP contribution in [0.5, 0.6) is 5.75 Å². The van der Waals surface area contributed by atoms with E-state index in [1.165, 1.54) is 12.8 Å². The van der Waals surface area contributed by atoms with E-state index in [1.54, 1.807) is 0 Å². The number of halogens is 1. The highest BCUT2D eigenvalue weighted by atomic mass is 35.5. The summed E-state index contributed by atoms with van der Waals surface area (Å²) in [6, 6.07) is 3.68. The Morgan fingerprint density at radius 3 is 2.82 bits per heavy atom. The number of amides is 1. The molecule has 1 fully saturated rings. The van der Waals surface area contributed by atoms with Crippen molar-refractivity contribution in [1.82, 2.24) is 5.32 Å². The van der Waals surface area contributed by atoms with Crippen LogP contribution < -0.4 is 10.6 Å². The van der Waals surface area contributed by atoms with Crippen LogP contribution in [-0.2, 0) is 4.79 Å². The highest BCUT2D eigenvalue weighted by Gasteiger charge is 2.22. The molecule has 1 saturated heterocycles. The lowest BCUT2D eigenvalue weighted by atomic mass is 9.85. The van der Waals surface area contributed by atoms with Crippen molar-refractivity contribution in [3.8, 4) is 5.75 Å². The number of piperidine rings is 1. The zero-order chi connectivity index (χ0) is 15.4. The van der Waals surface area contributed by atoms with Gasteiger partial charge >= 0.3 is 0 Å². The molecule has 0 saturated carbocycles. The second kappa shape index (κ2) is 8.39. The molecule has 124 valence electrons. The highest BCUT2D eigenvalue weighted by molar-refractivity contribution is 5.92. The van der Waals surface area contributed by atoms with Gasteiger partial charge < -0.3 is 15.7 Å². The minimum Gasteiger partial charge on any atom is -0.507 e. The zero-order valence-electron chi connectivity index (χ0n) is 13.6. The van der Waals surface area contributed by atoms with E-state index in [2.05, 4.69) is 17.6 Å². The molecule has 2 atom stereocenters. The first kappa shape index (κ1) is 18.8. The molecule has 2 rings (SSSR count). The summed E-state index contributed by atoms with van der Waals surface area (Å²) in [6.45, 7) is 7.94. The summed E-state index contributed by atoms with van der Waals surface area (Å²) in [5.74, 6) is 1.24. The predicted molar refractivity (Wildman–Crippen MR) is 92.8 cm³/mol. The molecule has 0 spiro atoms. The van der Waals surface area contributed by atoms with Gasteiger partial charge in [0.1, 0.15) is 5.75 Å². The SMILES string of the molecule is Cc1ccc(NC(=O)CC(C)C2CCCNC2)c(C)c1O.Cl. The van der Waals surface area contributed by atoms with E-state index >= 15 is 0 Å². The molecule has 5 heteroatoms. The van der Waals surface area contributed by atoms with Crippen molar-refractivity contribution in [2.45, 2.75) is 40.0 Å². The summed E-state index contributed by atoms with van der Waals surface area (Å²) < 4.78 is 0. The molecule has 22 heavy (non-hydrogen) atoms. The third kappa shape index (κ3) is 4.62. The van der Waals surface area contributed by atoms with E-state index < -0.39 is 0 Å². The second-order valence-corrected chi connectivity index (χ2v) is 6.24. The van der Waals surface area contributed by atoms with Crippen LogP contribution in [0.15, 0.2) is 12.1 Å². The Kier molecular flexibility index (Phi) is 7.17. The van der Waals surface area contributed by atoms with E-state index in [9.17, 15) is 9.90 Å². The smallest absolute Gasteiger partial charge is 0.224 e. The fourth-order valence-electron chi connectivity index (χ4n) is 3.00. The molecular weight excluding hydrogens is 300 g/mol. The van der Waals surface area contributed by atoms with Crippen molar-refractivity contribution in [2.24, 2.45) is 11.8 Å². The Labute approximate surface area is 139 Å². The first-order chi connectivity index (χ1) is 9.99. The minimum absolute atomic E-state index is 0. The molecule has 1 aliphatic heterocycles. The average molecular weight is 327 g/mol. The molecule has 1 aromatic carbocycles. The Bertz CT molecular complexity index is 514. The quantitative estimate of drug-likeness (QED) is 0.794. The fourth-order valence-corrected chi connectivity index (χ4v) is 3.00. The maximum Gasteiger partial charge on any atom is 0.224 e. The number of anilines is 1. The van der Waals surface area contributed by atoms with Gasteiger partial charge in [-0.1, -0.05) is 13.0 Å². The van der Waals surface area contributed by atoms with Crippen molar-refractivity contribution in [1.29, 1.82) is 0 Å². The summed E-state index contributed by atoms with van der Waals surface area (Å²) in [5.41, 5.74) is 2.26. The van der Waals surface area contributed by atoms with Gasteiger partial charge in [-0.15, -0.1) is 12.4 Å². The largest absolute Gasteiger partial charge is 0.507 e. The number of hydrogen-bond acceptors (Lipinski definition) is 3. The van der Waals surface area contributed by atoms with Gasteiger partial charge in [0.25, 0.3) is 0 Å². The number of aromatic hydroxyl groups is 1. The van der Waals surface area contributed by atoms with Crippen molar-refractivity contribution >= 4 is 24.0 Å². The van der Waals surface area contributed by atoms with E-state index in [-0.39, 0.29) is 24.1 Å². The third-order valence-corrected chi connectivity index (χ3v) is 4.55. The van der Waals surface area contributed by atoms with Gasteiger partial charge in [-0.3, -0.25) is 4.79 Å². The monoisotopic (exact) mass is 326 g/mol. The first-order valence-electron chi connectivity index (χ1n) is 7.78. The van der Waals surface area contributed by atoms with Gasteiger partial charge in [0.2, 0.25) is 5.91 Å². The predicted octanol–water partition coefficient (Wildman–Crippen LogP) is 3.40. The van der Waals surface area contributed by atoms with E-state index in [1.807, 2.05) is 26.0 Å².